The van der Waals surface area contributed by atoms with E-state index in [1.807, 2.05) is 6.07 Å². The molecule has 4 N–H and O–H groups in total. The lowest BCUT2D eigenvalue weighted by molar-refractivity contribution is 0.0995. The summed E-state index contributed by atoms with van der Waals surface area (Å²) >= 11 is 0. The van der Waals surface area contributed by atoms with Gasteiger partial charge in [0.15, 0.2) is 5.69 Å². The maximum atomic E-state index is 11.4. The molecule has 0 aliphatic rings. The van der Waals surface area contributed by atoms with Crippen LogP contribution in [0.5, 0.6) is 0 Å². The summed E-state index contributed by atoms with van der Waals surface area (Å²) in [4.78, 5) is 15.5. The van der Waals surface area contributed by atoms with Gasteiger partial charge in [-0.1, -0.05) is 0 Å². The molecule has 9 heteroatoms. The van der Waals surface area contributed by atoms with Crippen molar-refractivity contribution in [2.75, 3.05) is 0 Å². The number of primary amides is 1. The van der Waals surface area contributed by atoms with Crippen molar-refractivity contribution < 1.29 is 13.2 Å². The lowest BCUT2D eigenvalue weighted by atomic mass is 10.2. The number of primary sulfonamides is 1. The van der Waals surface area contributed by atoms with Crippen LogP contribution in [0.3, 0.4) is 0 Å². The number of aromatic nitrogens is 3. The standard InChI is InChI=1S/C15H13N5O3S/c16-15(21)13-8-14(10-2-1-7-18-9-10)20(19-13)11-3-5-12(6-4-11)24(17,22)23/h1-9H,(H2,16,21)(H2,17,22,23). The number of amides is 1. The van der Waals surface area contributed by atoms with Gasteiger partial charge in [0, 0.05) is 18.0 Å². The molecule has 2 heterocycles. The maximum Gasteiger partial charge on any atom is 0.269 e. The van der Waals surface area contributed by atoms with Crippen molar-refractivity contribution in [2.24, 2.45) is 10.9 Å². The summed E-state index contributed by atoms with van der Waals surface area (Å²) in [5.41, 5.74) is 7.27. The minimum atomic E-state index is -3.79. The van der Waals surface area contributed by atoms with Crippen LogP contribution in [0.4, 0.5) is 0 Å². The number of hydrogen-bond acceptors (Lipinski definition) is 5. The van der Waals surface area contributed by atoms with Gasteiger partial charge in [-0.2, -0.15) is 5.10 Å². The zero-order chi connectivity index (χ0) is 17.3. The van der Waals surface area contributed by atoms with E-state index in [9.17, 15) is 13.2 Å². The van der Waals surface area contributed by atoms with Crippen molar-refractivity contribution in [2.45, 2.75) is 4.90 Å². The first-order valence-corrected chi connectivity index (χ1v) is 8.34. The van der Waals surface area contributed by atoms with Crippen LogP contribution in [0.1, 0.15) is 10.5 Å². The Labute approximate surface area is 137 Å². The van der Waals surface area contributed by atoms with Crippen LogP contribution in [0.25, 0.3) is 16.9 Å². The summed E-state index contributed by atoms with van der Waals surface area (Å²) < 4.78 is 24.2. The molecule has 2 aromatic heterocycles. The largest absolute Gasteiger partial charge is 0.364 e. The predicted molar refractivity (Wildman–Crippen MR) is 86.7 cm³/mol. The van der Waals surface area contributed by atoms with Gasteiger partial charge in [0.2, 0.25) is 10.0 Å². The molecule has 3 rings (SSSR count). The highest BCUT2D eigenvalue weighted by atomic mass is 32.2. The van der Waals surface area contributed by atoms with Gasteiger partial charge in [0.05, 0.1) is 16.3 Å². The number of sulfonamides is 1. The second-order valence-electron chi connectivity index (χ2n) is 4.97. The molecular formula is C15H13N5O3S. The van der Waals surface area contributed by atoms with Gasteiger partial charge in [-0.25, -0.2) is 18.2 Å². The van der Waals surface area contributed by atoms with Crippen molar-refractivity contribution in [1.29, 1.82) is 0 Å². The fourth-order valence-corrected chi connectivity index (χ4v) is 2.71. The van der Waals surface area contributed by atoms with E-state index >= 15 is 0 Å². The van der Waals surface area contributed by atoms with Crippen molar-refractivity contribution in [3.63, 3.8) is 0 Å². The van der Waals surface area contributed by atoms with Gasteiger partial charge in [0.25, 0.3) is 5.91 Å². The Morgan fingerprint density at radius 1 is 1.12 bits per heavy atom. The van der Waals surface area contributed by atoms with E-state index in [4.69, 9.17) is 10.9 Å². The summed E-state index contributed by atoms with van der Waals surface area (Å²) in [6.45, 7) is 0. The van der Waals surface area contributed by atoms with E-state index < -0.39 is 15.9 Å². The average molecular weight is 343 g/mol. The van der Waals surface area contributed by atoms with Crippen molar-refractivity contribution in [3.05, 3.63) is 60.6 Å². The second kappa shape index (κ2) is 5.87. The Balaban J connectivity index is 2.15. The Bertz CT molecular complexity index is 995. The Morgan fingerprint density at radius 2 is 1.83 bits per heavy atom. The number of nitrogens with two attached hydrogens (primary N) is 2. The van der Waals surface area contributed by atoms with Gasteiger partial charge in [-0.15, -0.1) is 0 Å². The lowest BCUT2D eigenvalue weighted by Gasteiger charge is -2.08. The van der Waals surface area contributed by atoms with E-state index in [0.717, 1.165) is 5.56 Å². The first-order valence-electron chi connectivity index (χ1n) is 6.80. The molecule has 3 aromatic rings. The summed E-state index contributed by atoms with van der Waals surface area (Å²) in [5, 5.41) is 9.27. The zero-order valence-corrected chi connectivity index (χ0v) is 13.1. The van der Waals surface area contributed by atoms with Crippen molar-refractivity contribution in [3.8, 4) is 16.9 Å². The number of carbonyl (C=O) groups excluding carboxylic acids is 1. The SMILES string of the molecule is NC(=O)c1cc(-c2cccnc2)n(-c2ccc(S(N)(=O)=O)cc2)n1. The normalized spacial score (nSPS) is 11.4. The highest BCUT2D eigenvalue weighted by Gasteiger charge is 2.15. The molecule has 122 valence electrons. The fourth-order valence-electron chi connectivity index (χ4n) is 2.20. The van der Waals surface area contributed by atoms with Gasteiger partial charge in [0.1, 0.15) is 0 Å². The molecule has 0 radical (unpaired) electrons. The van der Waals surface area contributed by atoms with Crippen molar-refractivity contribution in [1.82, 2.24) is 14.8 Å². The molecule has 8 nitrogen and oxygen atoms in total. The number of carbonyl (C=O) groups is 1. The highest BCUT2D eigenvalue weighted by molar-refractivity contribution is 7.89. The molecule has 0 bridgehead atoms. The first kappa shape index (κ1) is 15.8. The molecule has 0 saturated carbocycles. The van der Waals surface area contributed by atoms with Crippen LogP contribution in [0.15, 0.2) is 59.8 Å². The topological polar surface area (TPSA) is 134 Å². The van der Waals surface area contributed by atoms with E-state index in [1.165, 1.54) is 28.9 Å². The number of nitrogens with zero attached hydrogens (tertiary/aromatic N) is 3. The quantitative estimate of drug-likeness (QED) is 0.718. The van der Waals surface area contributed by atoms with Gasteiger partial charge >= 0.3 is 0 Å². The highest BCUT2D eigenvalue weighted by Crippen LogP contribution is 2.24. The second-order valence-corrected chi connectivity index (χ2v) is 6.53. The van der Waals surface area contributed by atoms with Gasteiger partial charge < -0.3 is 5.73 Å². The Hall–Kier alpha value is -3.04. The van der Waals surface area contributed by atoms with Crippen LogP contribution in [-0.4, -0.2) is 29.1 Å². The number of pyridine rings is 1. The summed E-state index contributed by atoms with van der Waals surface area (Å²) in [7, 11) is -3.79. The molecule has 1 aromatic carbocycles. The van der Waals surface area contributed by atoms with Crippen LogP contribution in [0, 0.1) is 0 Å². The average Bonchev–Trinajstić information content (AvgIpc) is 3.00. The van der Waals surface area contributed by atoms with Gasteiger partial charge in [-0.3, -0.25) is 9.78 Å². The van der Waals surface area contributed by atoms with Crippen LogP contribution in [0.2, 0.25) is 0 Å². The zero-order valence-electron chi connectivity index (χ0n) is 12.3. The third-order valence-corrected chi connectivity index (χ3v) is 4.26. The Morgan fingerprint density at radius 3 is 2.38 bits per heavy atom. The van der Waals surface area contributed by atoms with Crippen molar-refractivity contribution >= 4 is 15.9 Å². The number of rotatable bonds is 4. The molecule has 0 fully saturated rings. The molecule has 0 aliphatic carbocycles. The van der Waals surface area contributed by atoms with Crippen LogP contribution < -0.4 is 10.9 Å². The molecule has 0 saturated heterocycles. The molecule has 1 amide bonds. The third-order valence-electron chi connectivity index (χ3n) is 3.33. The molecule has 0 spiro atoms. The fraction of sp³-hybridized carbons (Fsp3) is 0. The first-order chi connectivity index (χ1) is 11.4. The lowest BCUT2D eigenvalue weighted by Crippen LogP contribution is -2.13. The smallest absolute Gasteiger partial charge is 0.269 e. The van der Waals surface area contributed by atoms with Crippen LogP contribution >= 0.6 is 0 Å². The van der Waals surface area contributed by atoms with Crippen LogP contribution in [-0.2, 0) is 10.0 Å². The summed E-state index contributed by atoms with van der Waals surface area (Å²) in [6.07, 6.45) is 3.25. The molecule has 0 atom stereocenters. The van der Waals surface area contributed by atoms with Gasteiger partial charge in [-0.05, 0) is 42.5 Å². The number of hydrogen-bond donors (Lipinski definition) is 2. The molecular weight excluding hydrogens is 330 g/mol. The van der Waals surface area contributed by atoms with E-state index in [0.29, 0.717) is 11.4 Å². The van der Waals surface area contributed by atoms with E-state index in [2.05, 4.69) is 10.1 Å². The number of benzene rings is 1. The van der Waals surface area contributed by atoms with E-state index in [1.54, 1.807) is 24.5 Å². The minimum Gasteiger partial charge on any atom is -0.364 e. The van der Waals surface area contributed by atoms with E-state index in [-0.39, 0.29) is 10.6 Å². The monoisotopic (exact) mass is 343 g/mol. The third kappa shape index (κ3) is 3.03. The summed E-state index contributed by atoms with van der Waals surface area (Å²) in [6, 6.07) is 10.9. The molecule has 24 heavy (non-hydrogen) atoms. The minimum absolute atomic E-state index is 0.0172. The summed E-state index contributed by atoms with van der Waals surface area (Å²) in [5.74, 6) is -0.667. The predicted octanol–water partition coefficient (Wildman–Crippen LogP) is 0.681. The molecule has 0 unspecified atom stereocenters. The molecule has 0 aliphatic heterocycles. The Kier molecular flexibility index (Phi) is 3.87. The maximum absolute atomic E-state index is 11.4.